The van der Waals surface area contributed by atoms with Gasteiger partial charge in [-0.1, -0.05) is 12.1 Å². The van der Waals surface area contributed by atoms with Gasteiger partial charge in [0.2, 0.25) is 10.0 Å². The molecule has 1 aliphatic rings. The molecule has 4 rings (SSSR count). The molecule has 0 bridgehead atoms. The number of H-pyrrole nitrogens is 1. The van der Waals surface area contributed by atoms with Crippen molar-refractivity contribution in [3.05, 3.63) is 54.4 Å². The zero-order valence-corrected chi connectivity index (χ0v) is 15.5. The molecule has 7 heteroatoms. The SMILES string of the molecule is Cc1cccc(NC2CCN(S(=O)(=O)c3c[nH]c4ncccc34)CC2)c1. The summed E-state index contributed by atoms with van der Waals surface area (Å²) in [5.74, 6) is 0. The van der Waals surface area contributed by atoms with Crippen LogP contribution in [0.15, 0.2) is 53.7 Å². The van der Waals surface area contributed by atoms with Crippen molar-refractivity contribution in [3.63, 3.8) is 0 Å². The Balaban J connectivity index is 1.47. The molecule has 3 aromatic rings. The van der Waals surface area contributed by atoms with Crippen LogP contribution in [0.1, 0.15) is 18.4 Å². The number of rotatable bonds is 4. The predicted octanol–water partition coefficient (Wildman–Crippen LogP) is 3.14. The molecule has 0 aliphatic carbocycles. The molecule has 0 spiro atoms. The third-order valence-electron chi connectivity index (χ3n) is 4.87. The summed E-state index contributed by atoms with van der Waals surface area (Å²) in [6.45, 7) is 3.09. The molecule has 0 saturated carbocycles. The first-order chi connectivity index (χ1) is 12.5. The van der Waals surface area contributed by atoms with Crippen LogP contribution in [0.2, 0.25) is 0 Å². The van der Waals surface area contributed by atoms with Crippen molar-refractivity contribution in [1.82, 2.24) is 14.3 Å². The lowest BCUT2D eigenvalue weighted by Gasteiger charge is -2.32. The molecule has 136 valence electrons. The number of piperidine rings is 1. The average molecular weight is 370 g/mol. The van der Waals surface area contributed by atoms with E-state index in [2.05, 4.69) is 40.4 Å². The van der Waals surface area contributed by atoms with E-state index in [0.29, 0.717) is 29.0 Å². The van der Waals surface area contributed by atoms with Crippen LogP contribution in [0.3, 0.4) is 0 Å². The molecule has 0 amide bonds. The normalized spacial score (nSPS) is 16.8. The van der Waals surface area contributed by atoms with Crippen LogP contribution < -0.4 is 5.32 Å². The molecule has 1 aromatic carbocycles. The fourth-order valence-electron chi connectivity index (χ4n) is 3.49. The number of aromatic amines is 1. The van der Waals surface area contributed by atoms with Gasteiger partial charge in [0, 0.05) is 42.6 Å². The second kappa shape index (κ2) is 6.74. The second-order valence-electron chi connectivity index (χ2n) is 6.74. The first-order valence-electron chi connectivity index (χ1n) is 8.79. The Morgan fingerprint density at radius 2 is 2.00 bits per heavy atom. The van der Waals surface area contributed by atoms with Crippen molar-refractivity contribution in [1.29, 1.82) is 0 Å². The number of anilines is 1. The van der Waals surface area contributed by atoms with Crippen LogP contribution in [0.5, 0.6) is 0 Å². The van der Waals surface area contributed by atoms with E-state index in [4.69, 9.17) is 0 Å². The number of benzene rings is 1. The van der Waals surface area contributed by atoms with Crippen molar-refractivity contribution >= 4 is 26.7 Å². The lowest BCUT2D eigenvalue weighted by molar-refractivity contribution is 0.330. The summed E-state index contributed by atoms with van der Waals surface area (Å²) in [5.41, 5.74) is 2.90. The number of sulfonamides is 1. The molecule has 1 saturated heterocycles. The fraction of sp³-hybridized carbons (Fsp3) is 0.316. The highest BCUT2D eigenvalue weighted by Gasteiger charge is 2.31. The van der Waals surface area contributed by atoms with E-state index in [1.807, 2.05) is 6.07 Å². The van der Waals surface area contributed by atoms with E-state index in [9.17, 15) is 8.42 Å². The Morgan fingerprint density at radius 1 is 1.19 bits per heavy atom. The van der Waals surface area contributed by atoms with Crippen LogP contribution >= 0.6 is 0 Å². The number of fused-ring (bicyclic) bond motifs is 1. The zero-order chi connectivity index (χ0) is 18.1. The van der Waals surface area contributed by atoms with Crippen molar-refractivity contribution < 1.29 is 8.42 Å². The van der Waals surface area contributed by atoms with E-state index in [-0.39, 0.29) is 6.04 Å². The molecule has 1 fully saturated rings. The van der Waals surface area contributed by atoms with Crippen molar-refractivity contribution in [2.45, 2.75) is 30.7 Å². The number of hydrogen-bond acceptors (Lipinski definition) is 4. The van der Waals surface area contributed by atoms with E-state index in [0.717, 1.165) is 18.5 Å². The van der Waals surface area contributed by atoms with Crippen molar-refractivity contribution in [2.24, 2.45) is 0 Å². The maximum atomic E-state index is 13.0. The first kappa shape index (κ1) is 17.1. The molecule has 2 N–H and O–H groups in total. The molecule has 1 aliphatic heterocycles. The fourth-order valence-corrected chi connectivity index (χ4v) is 5.11. The molecular formula is C19H22N4O2S. The summed E-state index contributed by atoms with van der Waals surface area (Å²) < 4.78 is 27.6. The molecule has 3 heterocycles. The summed E-state index contributed by atoms with van der Waals surface area (Å²) in [6.07, 6.45) is 4.77. The Morgan fingerprint density at radius 3 is 2.77 bits per heavy atom. The highest BCUT2D eigenvalue weighted by molar-refractivity contribution is 7.89. The molecule has 0 atom stereocenters. The maximum absolute atomic E-state index is 13.0. The van der Waals surface area contributed by atoms with E-state index in [1.54, 1.807) is 28.8 Å². The Hall–Kier alpha value is -2.38. The molecule has 0 radical (unpaired) electrons. The third-order valence-corrected chi connectivity index (χ3v) is 6.81. The van der Waals surface area contributed by atoms with Crippen LogP contribution in [-0.2, 0) is 10.0 Å². The van der Waals surface area contributed by atoms with Gasteiger partial charge < -0.3 is 10.3 Å². The topological polar surface area (TPSA) is 78.1 Å². The number of aryl methyl sites for hydroxylation is 1. The van der Waals surface area contributed by atoms with Crippen LogP contribution in [0.4, 0.5) is 5.69 Å². The van der Waals surface area contributed by atoms with Gasteiger partial charge in [-0.2, -0.15) is 4.31 Å². The van der Waals surface area contributed by atoms with E-state index < -0.39 is 10.0 Å². The van der Waals surface area contributed by atoms with E-state index >= 15 is 0 Å². The highest BCUT2D eigenvalue weighted by Crippen LogP contribution is 2.27. The molecular weight excluding hydrogens is 348 g/mol. The predicted molar refractivity (Wildman–Crippen MR) is 103 cm³/mol. The van der Waals surface area contributed by atoms with Crippen molar-refractivity contribution in [2.75, 3.05) is 18.4 Å². The number of hydrogen-bond donors (Lipinski definition) is 2. The lowest BCUT2D eigenvalue weighted by atomic mass is 10.1. The average Bonchev–Trinajstić information content (AvgIpc) is 3.07. The summed E-state index contributed by atoms with van der Waals surface area (Å²) in [6, 6.07) is 12.1. The number of aromatic nitrogens is 2. The third kappa shape index (κ3) is 3.20. The van der Waals surface area contributed by atoms with Gasteiger partial charge in [-0.25, -0.2) is 13.4 Å². The van der Waals surface area contributed by atoms with Gasteiger partial charge in [-0.15, -0.1) is 0 Å². The van der Waals surface area contributed by atoms with Crippen LogP contribution in [-0.4, -0.2) is 41.8 Å². The number of nitrogens with zero attached hydrogens (tertiary/aromatic N) is 2. The van der Waals surface area contributed by atoms with Crippen molar-refractivity contribution in [3.8, 4) is 0 Å². The molecule has 0 unspecified atom stereocenters. The van der Waals surface area contributed by atoms with Gasteiger partial charge in [0.25, 0.3) is 0 Å². The summed E-state index contributed by atoms with van der Waals surface area (Å²) in [4.78, 5) is 7.44. The van der Waals surface area contributed by atoms with Gasteiger partial charge in [-0.3, -0.25) is 0 Å². The Bertz CT molecular complexity index is 1020. The standard InChI is InChI=1S/C19H22N4O2S/c1-14-4-2-5-16(12-14)22-15-7-10-23(11-8-15)26(24,25)18-13-21-19-17(18)6-3-9-20-19/h2-6,9,12-13,15,22H,7-8,10-11H2,1H3,(H,20,21). The summed E-state index contributed by atoms with van der Waals surface area (Å²) in [7, 11) is -3.51. The monoisotopic (exact) mass is 370 g/mol. The molecule has 26 heavy (non-hydrogen) atoms. The summed E-state index contributed by atoms with van der Waals surface area (Å²) in [5, 5.41) is 4.17. The van der Waals surface area contributed by atoms with Gasteiger partial charge in [-0.05, 0) is 49.6 Å². The number of nitrogens with one attached hydrogen (secondary N) is 2. The van der Waals surface area contributed by atoms with Gasteiger partial charge in [0.05, 0.1) is 0 Å². The first-order valence-corrected chi connectivity index (χ1v) is 10.2. The maximum Gasteiger partial charge on any atom is 0.245 e. The largest absolute Gasteiger partial charge is 0.382 e. The number of pyridine rings is 1. The second-order valence-corrected chi connectivity index (χ2v) is 8.65. The minimum absolute atomic E-state index is 0.285. The lowest BCUT2D eigenvalue weighted by Crippen LogP contribution is -2.42. The van der Waals surface area contributed by atoms with Crippen LogP contribution in [0, 0.1) is 6.92 Å². The van der Waals surface area contributed by atoms with Gasteiger partial charge in [0.15, 0.2) is 0 Å². The Kier molecular flexibility index (Phi) is 4.42. The molecule has 6 nitrogen and oxygen atoms in total. The summed E-state index contributed by atoms with van der Waals surface area (Å²) >= 11 is 0. The molecule has 2 aromatic heterocycles. The van der Waals surface area contributed by atoms with E-state index in [1.165, 1.54) is 5.56 Å². The highest BCUT2D eigenvalue weighted by atomic mass is 32.2. The Labute approximate surface area is 153 Å². The minimum Gasteiger partial charge on any atom is -0.382 e. The zero-order valence-electron chi connectivity index (χ0n) is 14.6. The quantitative estimate of drug-likeness (QED) is 0.740. The van der Waals surface area contributed by atoms with Gasteiger partial charge in [0.1, 0.15) is 10.5 Å². The van der Waals surface area contributed by atoms with Gasteiger partial charge >= 0.3 is 0 Å². The smallest absolute Gasteiger partial charge is 0.245 e. The minimum atomic E-state index is -3.51. The van der Waals surface area contributed by atoms with Crippen LogP contribution in [0.25, 0.3) is 11.0 Å².